The molecule has 1 aromatic heterocycles. The fourth-order valence-corrected chi connectivity index (χ4v) is 4.41. The van der Waals surface area contributed by atoms with E-state index in [9.17, 15) is 17.6 Å². The van der Waals surface area contributed by atoms with Crippen LogP contribution in [0.4, 0.5) is 4.39 Å². The van der Waals surface area contributed by atoms with Gasteiger partial charge in [0.1, 0.15) is 18.2 Å². The maximum Gasteiger partial charge on any atom is 0.261 e. The van der Waals surface area contributed by atoms with E-state index in [1.54, 1.807) is 24.3 Å². The van der Waals surface area contributed by atoms with Crippen molar-refractivity contribution >= 4 is 27.1 Å². The van der Waals surface area contributed by atoms with Gasteiger partial charge in [-0.2, -0.15) is 0 Å². The fraction of sp³-hybridized carbons (Fsp3) is 0.190. The Morgan fingerprint density at radius 3 is 2.38 bits per heavy atom. The van der Waals surface area contributed by atoms with E-state index in [1.807, 2.05) is 13.0 Å². The highest BCUT2D eigenvalue weighted by atomic mass is 32.2. The number of ether oxygens (including phenoxy) is 1. The average Bonchev–Trinajstić information content (AvgIpc) is 3.07. The SMILES string of the molecule is Cc1cc(C(=O)NCCOc2ccc(S(C)(=O)=O)cc2)sc1-c1ccc(F)cc1. The van der Waals surface area contributed by atoms with Crippen LogP contribution in [-0.4, -0.2) is 33.7 Å². The molecule has 0 unspecified atom stereocenters. The Kier molecular flexibility index (Phi) is 6.34. The molecule has 29 heavy (non-hydrogen) atoms. The van der Waals surface area contributed by atoms with Crippen molar-refractivity contribution in [3.05, 3.63) is 70.9 Å². The predicted molar refractivity (Wildman–Crippen MR) is 112 cm³/mol. The highest BCUT2D eigenvalue weighted by Gasteiger charge is 2.13. The van der Waals surface area contributed by atoms with Crippen LogP contribution in [0.15, 0.2) is 59.5 Å². The number of halogens is 1. The standard InChI is InChI=1S/C21H20FNO4S2/c1-14-13-19(28-20(14)15-3-5-16(22)6-4-15)21(24)23-11-12-27-17-7-9-18(10-8-17)29(2,25)26/h3-10,13H,11-12H2,1-2H3,(H,23,24). The van der Waals surface area contributed by atoms with Gasteiger partial charge in [-0.25, -0.2) is 12.8 Å². The van der Waals surface area contributed by atoms with Gasteiger partial charge in [-0.3, -0.25) is 4.79 Å². The molecule has 0 aliphatic rings. The van der Waals surface area contributed by atoms with Crippen molar-refractivity contribution in [2.75, 3.05) is 19.4 Å². The molecule has 0 saturated heterocycles. The van der Waals surface area contributed by atoms with Crippen LogP contribution in [0.1, 0.15) is 15.2 Å². The molecule has 0 aliphatic carbocycles. The van der Waals surface area contributed by atoms with E-state index in [1.165, 1.54) is 35.6 Å². The predicted octanol–water partition coefficient (Wildman–Crippen LogP) is 4.07. The number of hydrogen-bond acceptors (Lipinski definition) is 5. The summed E-state index contributed by atoms with van der Waals surface area (Å²) in [7, 11) is -3.24. The molecule has 2 aromatic carbocycles. The molecular formula is C21H20FNO4S2. The maximum absolute atomic E-state index is 13.1. The Hall–Kier alpha value is -2.71. The summed E-state index contributed by atoms with van der Waals surface area (Å²) in [4.78, 5) is 14.1. The first-order chi connectivity index (χ1) is 13.7. The minimum Gasteiger partial charge on any atom is -0.492 e. The Balaban J connectivity index is 1.53. The molecule has 0 bridgehead atoms. The van der Waals surface area contributed by atoms with Crippen molar-refractivity contribution in [2.45, 2.75) is 11.8 Å². The summed E-state index contributed by atoms with van der Waals surface area (Å²) in [5.41, 5.74) is 1.82. The Morgan fingerprint density at radius 2 is 1.76 bits per heavy atom. The number of sulfone groups is 1. The van der Waals surface area contributed by atoms with Crippen molar-refractivity contribution in [1.29, 1.82) is 0 Å². The third-order valence-corrected chi connectivity index (χ3v) is 6.57. The zero-order chi connectivity index (χ0) is 21.0. The second-order valence-electron chi connectivity index (χ2n) is 6.48. The maximum atomic E-state index is 13.1. The normalized spacial score (nSPS) is 11.3. The molecule has 3 aromatic rings. The molecule has 3 rings (SSSR count). The minimum absolute atomic E-state index is 0.206. The highest BCUT2D eigenvalue weighted by Crippen LogP contribution is 2.32. The summed E-state index contributed by atoms with van der Waals surface area (Å²) in [6.07, 6.45) is 1.15. The second kappa shape index (κ2) is 8.75. The first kappa shape index (κ1) is 21.0. The average molecular weight is 434 g/mol. The minimum atomic E-state index is -3.24. The summed E-state index contributed by atoms with van der Waals surface area (Å²) >= 11 is 1.35. The molecule has 5 nitrogen and oxygen atoms in total. The number of hydrogen-bond donors (Lipinski definition) is 1. The summed E-state index contributed by atoms with van der Waals surface area (Å²) in [6, 6.07) is 14.1. The molecule has 1 N–H and O–H groups in total. The third-order valence-electron chi connectivity index (χ3n) is 4.16. The van der Waals surface area contributed by atoms with Crippen LogP contribution in [0.2, 0.25) is 0 Å². The van der Waals surface area contributed by atoms with Crippen LogP contribution in [0.3, 0.4) is 0 Å². The number of amides is 1. The van der Waals surface area contributed by atoms with Crippen molar-refractivity contribution in [1.82, 2.24) is 5.32 Å². The number of nitrogens with one attached hydrogen (secondary N) is 1. The van der Waals surface area contributed by atoms with Crippen molar-refractivity contribution < 1.29 is 22.3 Å². The van der Waals surface area contributed by atoms with Gasteiger partial charge in [0.25, 0.3) is 5.91 Å². The van der Waals surface area contributed by atoms with E-state index in [0.717, 1.165) is 22.3 Å². The van der Waals surface area contributed by atoms with Gasteiger partial charge in [0.15, 0.2) is 9.84 Å². The zero-order valence-corrected chi connectivity index (χ0v) is 17.6. The van der Waals surface area contributed by atoms with Gasteiger partial charge in [-0.1, -0.05) is 12.1 Å². The lowest BCUT2D eigenvalue weighted by Crippen LogP contribution is -2.27. The van der Waals surface area contributed by atoms with E-state index < -0.39 is 9.84 Å². The van der Waals surface area contributed by atoms with E-state index in [-0.39, 0.29) is 23.2 Å². The van der Waals surface area contributed by atoms with Gasteiger partial charge in [0.05, 0.1) is 16.3 Å². The van der Waals surface area contributed by atoms with E-state index in [4.69, 9.17) is 4.74 Å². The number of carbonyl (C=O) groups is 1. The Bertz CT molecular complexity index is 1100. The molecule has 152 valence electrons. The van der Waals surface area contributed by atoms with E-state index in [2.05, 4.69) is 5.32 Å². The Morgan fingerprint density at radius 1 is 1.10 bits per heavy atom. The largest absolute Gasteiger partial charge is 0.492 e. The number of benzene rings is 2. The van der Waals surface area contributed by atoms with Crippen LogP contribution < -0.4 is 10.1 Å². The van der Waals surface area contributed by atoms with Crippen LogP contribution >= 0.6 is 11.3 Å². The van der Waals surface area contributed by atoms with Crippen LogP contribution in [0.25, 0.3) is 10.4 Å². The Labute approximate surface area is 173 Å². The van der Waals surface area contributed by atoms with E-state index in [0.29, 0.717) is 17.2 Å². The molecule has 0 atom stereocenters. The molecule has 0 fully saturated rings. The highest BCUT2D eigenvalue weighted by molar-refractivity contribution is 7.90. The molecule has 0 radical (unpaired) electrons. The van der Waals surface area contributed by atoms with Gasteiger partial charge < -0.3 is 10.1 Å². The third kappa shape index (κ3) is 5.42. The van der Waals surface area contributed by atoms with Gasteiger partial charge in [0, 0.05) is 11.1 Å². The quantitative estimate of drug-likeness (QED) is 0.570. The number of rotatable bonds is 7. The zero-order valence-electron chi connectivity index (χ0n) is 15.9. The molecule has 0 saturated carbocycles. The second-order valence-corrected chi connectivity index (χ2v) is 9.55. The molecule has 0 aliphatic heterocycles. The van der Waals surface area contributed by atoms with Gasteiger partial charge in [-0.15, -0.1) is 11.3 Å². The summed E-state index contributed by atoms with van der Waals surface area (Å²) in [5.74, 6) is 0.0200. The van der Waals surface area contributed by atoms with Crippen molar-refractivity contribution in [2.24, 2.45) is 0 Å². The van der Waals surface area contributed by atoms with Crippen LogP contribution in [0.5, 0.6) is 5.75 Å². The van der Waals surface area contributed by atoms with Crippen molar-refractivity contribution in [3.8, 4) is 16.2 Å². The fourth-order valence-electron chi connectivity index (χ4n) is 2.69. The smallest absolute Gasteiger partial charge is 0.261 e. The molecule has 1 heterocycles. The van der Waals surface area contributed by atoms with Crippen LogP contribution in [-0.2, 0) is 9.84 Å². The monoisotopic (exact) mass is 433 g/mol. The lowest BCUT2D eigenvalue weighted by Gasteiger charge is -2.07. The molecule has 0 spiro atoms. The number of carbonyl (C=O) groups excluding carboxylic acids is 1. The summed E-state index contributed by atoms with van der Waals surface area (Å²) in [5, 5.41) is 2.80. The number of thiophene rings is 1. The molecule has 1 amide bonds. The van der Waals surface area contributed by atoms with E-state index >= 15 is 0 Å². The number of aryl methyl sites for hydroxylation is 1. The van der Waals surface area contributed by atoms with Crippen molar-refractivity contribution in [3.63, 3.8) is 0 Å². The first-order valence-electron chi connectivity index (χ1n) is 8.81. The lowest BCUT2D eigenvalue weighted by molar-refractivity contribution is 0.0951. The van der Waals surface area contributed by atoms with Gasteiger partial charge in [0.2, 0.25) is 0 Å². The molecule has 8 heteroatoms. The lowest BCUT2D eigenvalue weighted by atomic mass is 10.1. The molecular weight excluding hydrogens is 413 g/mol. The van der Waals surface area contributed by atoms with Crippen LogP contribution in [0, 0.1) is 12.7 Å². The summed E-state index contributed by atoms with van der Waals surface area (Å²) in [6.45, 7) is 2.46. The summed E-state index contributed by atoms with van der Waals surface area (Å²) < 4.78 is 41.5. The van der Waals surface area contributed by atoms with Gasteiger partial charge in [-0.05, 0) is 60.5 Å². The first-order valence-corrected chi connectivity index (χ1v) is 11.5. The topological polar surface area (TPSA) is 72.5 Å². The van der Waals surface area contributed by atoms with Gasteiger partial charge >= 0.3 is 0 Å².